The summed E-state index contributed by atoms with van der Waals surface area (Å²) in [5.74, 6) is -0.891. The van der Waals surface area contributed by atoms with Crippen LogP contribution in [0.25, 0.3) is 15.2 Å². The Morgan fingerprint density at radius 1 is 1.13 bits per heavy atom. The van der Waals surface area contributed by atoms with E-state index in [-0.39, 0.29) is 19.2 Å². The minimum absolute atomic E-state index is 0.153. The third-order valence-electron chi connectivity index (χ3n) is 6.44. The monoisotopic (exact) mass is 552 g/mol. The van der Waals surface area contributed by atoms with Gasteiger partial charge in [-0.15, -0.1) is 4.80 Å². The Balaban J connectivity index is 1.93. The second kappa shape index (κ2) is 11.0. The highest BCUT2D eigenvalue weighted by Gasteiger charge is 2.35. The van der Waals surface area contributed by atoms with Crippen LogP contribution in [-0.4, -0.2) is 48.7 Å². The van der Waals surface area contributed by atoms with Crippen LogP contribution in [0.3, 0.4) is 0 Å². The number of ether oxygens (including phenoxy) is 1. The number of carbonyl (C=O) groups excluding carboxylic acids is 2. The van der Waals surface area contributed by atoms with Crippen LogP contribution in [0.1, 0.15) is 56.1 Å². The van der Waals surface area contributed by atoms with E-state index in [9.17, 15) is 19.2 Å². The van der Waals surface area contributed by atoms with Gasteiger partial charge in [-0.2, -0.15) is 10.2 Å². The zero-order valence-corrected chi connectivity index (χ0v) is 23.7. The first-order valence-electron chi connectivity index (χ1n) is 12.7. The van der Waals surface area contributed by atoms with E-state index in [0.717, 1.165) is 4.57 Å². The van der Waals surface area contributed by atoms with Crippen molar-refractivity contribution in [1.29, 1.82) is 0 Å². The quantitative estimate of drug-likeness (QED) is 0.316. The summed E-state index contributed by atoms with van der Waals surface area (Å²) in [6.07, 6.45) is 3.37. The number of nitrogens with zero attached hydrogens (tertiary/aromatic N) is 5. The van der Waals surface area contributed by atoms with E-state index < -0.39 is 28.7 Å². The number of hydrogen-bond acceptors (Lipinski definition) is 8. The largest absolute Gasteiger partial charge is 0.462 e. The first-order chi connectivity index (χ1) is 18.5. The lowest BCUT2D eigenvalue weighted by molar-refractivity contribution is -0.129. The van der Waals surface area contributed by atoms with Gasteiger partial charge >= 0.3 is 11.7 Å². The van der Waals surface area contributed by atoms with Crippen molar-refractivity contribution in [3.8, 4) is 5.00 Å². The molecule has 0 fully saturated rings. The van der Waals surface area contributed by atoms with Gasteiger partial charge in [0.2, 0.25) is 5.91 Å². The van der Waals surface area contributed by atoms with Crippen molar-refractivity contribution in [2.75, 3.05) is 6.61 Å². The zero-order valence-electron chi connectivity index (χ0n) is 22.8. The molecule has 1 amide bonds. The molecule has 3 aromatic heterocycles. The molecule has 0 radical (unpaired) electrons. The number of benzene rings is 1. The van der Waals surface area contributed by atoms with E-state index in [1.54, 1.807) is 39.8 Å². The average Bonchev–Trinajstić information content (AvgIpc) is 3.52. The molecule has 0 aliphatic heterocycles. The van der Waals surface area contributed by atoms with Crippen molar-refractivity contribution in [3.63, 3.8) is 0 Å². The molecule has 4 rings (SSSR count). The summed E-state index contributed by atoms with van der Waals surface area (Å²) in [5.41, 5.74) is -0.938. The molecule has 39 heavy (non-hydrogen) atoms. The van der Waals surface area contributed by atoms with Gasteiger partial charge in [-0.3, -0.25) is 14.2 Å². The van der Waals surface area contributed by atoms with Gasteiger partial charge in [0.1, 0.15) is 15.4 Å². The van der Waals surface area contributed by atoms with Gasteiger partial charge in [0.25, 0.3) is 5.56 Å². The fraction of sp³-hybridized carbons (Fsp3) is 0.407. The van der Waals surface area contributed by atoms with Gasteiger partial charge in [-0.1, -0.05) is 29.5 Å². The van der Waals surface area contributed by atoms with Crippen LogP contribution >= 0.6 is 11.3 Å². The predicted molar refractivity (Wildman–Crippen MR) is 149 cm³/mol. The van der Waals surface area contributed by atoms with Gasteiger partial charge < -0.3 is 10.1 Å². The van der Waals surface area contributed by atoms with Crippen molar-refractivity contribution in [2.24, 2.45) is 0 Å². The van der Waals surface area contributed by atoms with Crippen molar-refractivity contribution in [1.82, 2.24) is 29.4 Å². The smallest absolute Gasteiger partial charge is 0.338 e. The number of esters is 1. The maximum Gasteiger partial charge on any atom is 0.338 e. The Kier molecular flexibility index (Phi) is 7.86. The molecule has 1 N–H and O–H groups in total. The van der Waals surface area contributed by atoms with Crippen LogP contribution in [0.2, 0.25) is 0 Å². The molecule has 0 aliphatic rings. The highest BCUT2D eigenvalue weighted by Crippen LogP contribution is 2.31. The molecule has 0 saturated carbocycles. The summed E-state index contributed by atoms with van der Waals surface area (Å²) >= 11 is 1.22. The highest BCUT2D eigenvalue weighted by molar-refractivity contribution is 7.21. The summed E-state index contributed by atoms with van der Waals surface area (Å²) < 4.78 is 7.71. The minimum Gasteiger partial charge on any atom is -0.462 e. The number of fused-ring (bicyclic) bond motifs is 1. The van der Waals surface area contributed by atoms with E-state index in [2.05, 4.69) is 15.5 Å². The van der Waals surface area contributed by atoms with Gasteiger partial charge in [0.15, 0.2) is 0 Å². The summed E-state index contributed by atoms with van der Waals surface area (Å²) in [6.45, 7) is 10.6. The third-order valence-corrected chi connectivity index (χ3v) is 7.72. The standard InChI is InChI=1S/C27H32N6O5S/c1-7-38-24(35)19-11-9-8-10-18(19)12-15-31-23-20(17(4)22(39-23)33-28-13-14-29-33)21(34)32(26(31)37)27(5,6)25(36)30-16(2)3/h8-11,13-14,16H,7,12,15H2,1-6H3,(H,30,36). The third kappa shape index (κ3) is 5.16. The molecule has 206 valence electrons. The molecule has 11 nitrogen and oxygen atoms in total. The summed E-state index contributed by atoms with van der Waals surface area (Å²) in [7, 11) is 0. The lowest BCUT2D eigenvalue weighted by atomic mass is 10.0. The van der Waals surface area contributed by atoms with Crippen molar-refractivity contribution < 1.29 is 14.3 Å². The Morgan fingerprint density at radius 2 is 1.79 bits per heavy atom. The number of nitrogens with one attached hydrogen (secondary N) is 1. The van der Waals surface area contributed by atoms with Crippen LogP contribution in [0, 0.1) is 6.92 Å². The molecule has 3 heterocycles. The van der Waals surface area contributed by atoms with Crippen LogP contribution in [-0.2, 0) is 28.0 Å². The number of hydrogen-bond donors (Lipinski definition) is 1. The SMILES string of the molecule is CCOC(=O)c1ccccc1CCn1c(=O)n(C(C)(C)C(=O)NC(C)C)c(=O)c2c(C)c(-n3nccn3)sc21. The fourth-order valence-electron chi connectivity index (χ4n) is 4.46. The van der Waals surface area contributed by atoms with Gasteiger partial charge in [-0.25, -0.2) is 14.2 Å². The van der Waals surface area contributed by atoms with E-state index in [0.29, 0.717) is 38.3 Å². The second-order valence-corrected chi connectivity index (χ2v) is 10.9. The first-order valence-corrected chi connectivity index (χ1v) is 13.5. The number of aryl methyl sites for hydroxylation is 3. The Hall–Kier alpha value is -4.06. The molecule has 0 unspecified atom stereocenters. The maximum absolute atomic E-state index is 14.0. The van der Waals surface area contributed by atoms with Crippen LogP contribution in [0.4, 0.5) is 0 Å². The number of carbonyl (C=O) groups is 2. The lowest BCUT2D eigenvalue weighted by Crippen LogP contribution is -2.56. The molecule has 0 saturated heterocycles. The number of rotatable bonds is 9. The zero-order chi connectivity index (χ0) is 28.5. The van der Waals surface area contributed by atoms with E-state index in [1.807, 2.05) is 26.0 Å². The second-order valence-electron chi connectivity index (χ2n) is 9.92. The molecular formula is C27H32N6O5S. The maximum atomic E-state index is 14.0. The van der Waals surface area contributed by atoms with E-state index >= 15 is 0 Å². The van der Waals surface area contributed by atoms with Gasteiger partial charge in [0.05, 0.1) is 30.0 Å². The van der Waals surface area contributed by atoms with Crippen LogP contribution in [0.5, 0.6) is 0 Å². The van der Waals surface area contributed by atoms with Crippen molar-refractivity contribution >= 4 is 33.4 Å². The van der Waals surface area contributed by atoms with Gasteiger partial charge in [-0.05, 0) is 59.6 Å². The van der Waals surface area contributed by atoms with Crippen LogP contribution < -0.4 is 16.6 Å². The molecule has 12 heteroatoms. The molecule has 0 atom stereocenters. The Labute approximate surface area is 229 Å². The number of amides is 1. The Morgan fingerprint density at radius 3 is 2.44 bits per heavy atom. The normalized spacial score (nSPS) is 11.8. The molecular weight excluding hydrogens is 520 g/mol. The molecule has 1 aromatic carbocycles. The Bertz CT molecular complexity index is 1650. The van der Waals surface area contributed by atoms with Gasteiger partial charge in [0, 0.05) is 18.2 Å². The number of aromatic nitrogens is 5. The lowest BCUT2D eigenvalue weighted by Gasteiger charge is -2.27. The summed E-state index contributed by atoms with van der Waals surface area (Å²) in [6, 6.07) is 6.87. The highest BCUT2D eigenvalue weighted by atomic mass is 32.1. The summed E-state index contributed by atoms with van der Waals surface area (Å²) in [4.78, 5) is 55.5. The van der Waals surface area contributed by atoms with E-state index in [1.165, 1.54) is 33.1 Å². The molecule has 0 spiro atoms. The molecule has 0 bridgehead atoms. The molecule has 4 aromatic rings. The van der Waals surface area contributed by atoms with Crippen molar-refractivity contribution in [2.45, 2.75) is 66.1 Å². The number of thiophene rings is 1. The molecule has 0 aliphatic carbocycles. The van der Waals surface area contributed by atoms with E-state index in [4.69, 9.17) is 4.74 Å². The average molecular weight is 553 g/mol. The minimum atomic E-state index is -1.48. The topological polar surface area (TPSA) is 130 Å². The fourth-order valence-corrected chi connectivity index (χ4v) is 5.69. The summed E-state index contributed by atoms with van der Waals surface area (Å²) in [5, 5.41) is 12.1. The first kappa shape index (κ1) is 28.0. The predicted octanol–water partition coefficient (Wildman–Crippen LogP) is 2.79. The van der Waals surface area contributed by atoms with Crippen molar-refractivity contribution in [3.05, 3.63) is 74.2 Å². The van der Waals surface area contributed by atoms with Crippen LogP contribution in [0.15, 0.2) is 46.2 Å².